The summed E-state index contributed by atoms with van der Waals surface area (Å²) in [4.78, 5) is 14.4. The van der Waals surface area contributed by atoms with Crippen LogP contribution >= 0.6 is 15.9 Å². The zero-order valence-electron chi connectivity index (χ0n) is 9.46. The Morgan fingerprint density at radius 2 is 2.11 bits per heavy atom. The van der Waals surface area contributed by atoms with Crippen molar-refractivity contribution in [2.45, 2.75) is 6.92 Å². The Labute approximate surface area is 112 Å². The van der Waals surface area contributed by atoms with E-state index in [2.05, 4.69) is 20.9 Å². The molecule has 2 rings (SSSR count). The number of non-ortho nitro benzene ring substituents is 1. The molecule has 0 amide bonds. The molecule has 92 valence electrons. The van der Waals surface area contributed by atoms with Crippen LogP contribution in [-0.2, 0) is 0 Å². The number of hydrogen-bond acceptors (Lipinski definition) is 4. The normalized spacial score (nSPS) is 10.1. The van der Waals surface area contributed by atoms with Gasteiger partial charge in [-0.1, -0.05) is 6.07 Å². The molecule has 0 radical (unpaired) electrons. The summed E-state index contributed by atoms with van der Waals surface area (Å²) < 4.78 is 6.35. The Morgan fingerprint density at radius 3 is 2.78 bits per heavy atom. The molecular formula is C12H9BrN2O3. The summed E-state index contributed by atoms with van der Waals surface area (Å²) in [6.45, 7) is 1.84. The van der Waals surface area contributed by atoms with Gasteiger partial charge in [0.25, 0.3) is 5.69 Å². The quantitative estimate of drug-likeness (QED) is 0.638. The van der Waals surface area contributed by atoms with Gasteiger partial charge in [-0.25, -0.2) is 4.98 Å². The Kier molecular flexibility index (Phi) is 3.57. The maximum atomic E-state index is 10.6. The minimum absolute atomic E-state index is 0.0127. The highest BCUT2D eigenvalue weighted by molar-refractivity contribution is 9.10. The Morgan fingerprint density at radius 1 is 1.33 bits per heavy atom. The lowest BCUT2D eigenvalue weighted by atomic mass is 10.3. The van der Waals surface area contributed by atoms with Crippen LogP contribution in [0.1, 0.15) is 5.69 Å². The van der Waals surface area contributed by atoms with Gasteiger partial charge in [0.15, 0.2) is 0 Å². The summed E-state index contributed by atoms with van der Waals surface area (Å²) in [7, 11) is 0. The first kappa shape index (κ1) is 12.5. The molecule has 0 aliphatic carbocycles. The van der Waals surface area contributed by atoms with Gasteiger partial charge >= 0.3 is 0 Å². The van der Waals surface area contributed by atoms with Crippen LogP contribution in [0.2, 0.25) is 0 Å². The van der Waals surface area contributed by atoms with Gasteiger partial charge in [0.2, 0.25) is 5.88 Å². The van der Waals surface area contributed by atoms with Crippen LogP contribution in [0.3, 0.4) is 0 Å². The molecule has 0 saturated carbocycles. The lowest BCUT2D eigenvalue weighted by Crippen LogP contribution is -1.92. The molecule has 1 heterocycles. The van der Waals surface area contributed by atoms with E-state index in [4.69, 9.17) is 4.74 Å². The highest BCUT2D eigenvalue weighted by atomic mass is 79.9. The standard InChI is InChI=1S/C12H9BrN2O3/c1-8-11(13)5-6-12(14-8)18-10-4-2-3-9(7-10)15(16)17/h2-7H,1H3. The summed E-state index contributed by atoms with van der Waals surface area (Å²) in [5, 5.41) is 10.6. The summed E-state index contributed by atoms with van der Waals surface area (Å²) in [5.74, 6) is 0.787. The topological polar surface area (TPSA) is 65.3 Å². The summed E-state index contributed by atoms with van der Waals surface area (Å²) in [6.07, 6.45) is 0. The summed E-state index contributed by atoms with van der Waals surface area (Å²) in [6, 6.07) is 9.49. The van der Waals surface area contributed by atoms with Gasteiger partial charge in [-0.15, -0.1) is 0 Å². The van der Waals surface area contributed by atoms with E-state index in [0.29, 0.717) is 11.6 Å². The average Bonchev–Trinajstić information content (AvgIpc) is 2.34. The van der Waals surface area contributed by atoms with Crippen molar-refractivity contribution in [3.8, 4) is 11.6 Å². The molecule has 0 saturated heterocycles. The number of aromatic nitrogens is 1. The average molecular weight is 309 g/mol. The minimum atomic E-state index is -0.465. The number of benzene rings is 1. The van der Waals surface area contributed by atoms with Crippen LogP contribution in [0.25, 0.3) is 0 Å². The molecule has 0 fully saturated rings. The fraction of sp³-hybridized carbons (Fsp3) is 0.0833. The van der Waals surface area contributed by atoms with E-state index in [1.807, 2.05) is 13.0 Å². The van der Waals surface area contributed by atoms with Crippen molar-refractivity contribution in [2.75, 3.05) is 0 Å². The van der Waals surface area contributed by atoms with Crippen molar-refractivity contribution < 1.29 is 9.66 Å². The second-order valence-electron chi connectivity index (χ2n) is 3.57. The first-order chi connectivity index (χ1) is 8.56. The van der Waals surface area contributed by atoms with E-state index in [1.54, 1.807) is 18.2 Å². The second kappa shape index (κ2) is 5.14. The highest BCUT2D eigenvalue weighted by Gasteiger charge is 2.08. The van der Waals surface area contributed by atoms with Crippen molar-refractivity contribution in [2.24, 2.45) is 0 Å². The Hall–Kier alpha value is -1.95. The predicted molar refractivity (Wildman–Crippen MR) is 69.8 cm³/mol. The molecule has 0 N–H and O–H groups in total. The maximum Gasteiger partial charge on any atom is 0.273 e. The summed E-state index contributed by atoms with van der Waals surface area (Å²) in [5.41, 5.74) is 0.777. The number of ether oxygens (including phenoxy) is 1. The largest absolute Gasteiger partial charge is 0.439 e. The predicted octanol–water partition coefficient (Wildman–Crippen LogP) is 3.85. The number of aryl methyl sites for hydroxylation is 1. The molecule has 0 spiro atoms. The zero-order valence-corrected chi connectivity index (χ0v) is 11.0. The maximum absolute atomic E-state index is 10.6. The molecule has 0 aliphatic heterocycles. The number of nitro benzene ring substituents is 1. The number of halogens is 1. The van der Waals surface area contributed by atoms with E-state index in [-0.39, 0.29) is 5.69 Å². The molecule has 0 atom stereocenters. The van der Waals surface area contributed by atoms with Crippen LogP contribution in [0, 0.1) is 17.0 Å². The van der Waals surface area contributed by atoms with Crippen LogP contribution < -0.4 is 4.74 Å². The molecule has 18 heavy (non-hydrogen) atoms. The zero-order chi connectivity index (χ0) is 13.1. The first-order valence-corrected chi connectivity index (χ1v) is 5.91. The van der Waals surface area contributed by atoms with Gasteiger partial charge in [0.05, 0.1) is 16.7 Å². The van der Waals surface area contributed by atoms with E-state index >= 15 is 0 Å². The fourth-order valence-electron chi connectivity index (χ4n) is 1.36. The SMILES string of the molecule is Cc1nc(Oc2cccc([N+](=O)[O-])c2)ccc1Br. The van der Waals surface area contributed by atoms with E-state index in [1.165, 1.54) is 12.1 Å². The molecule has 1 aromatic carbocycles. The van der Waals surface area contributed by atoms with Crippen molar-refractivity contribution >= 4 is 21.6 Å². The van der Waals surface area contributed by atoms with Gasteiger partial charge in [0.1, 0.15) is 5.75 Å². The van der Waals surface area contributed by atoms with E-state index in [0.717, 1.165) is 10.2 Å². The fourth-order valence-corrected chi connectivity index (χ4v) is 1.58. The molecule has 0 bridgehead atoms. The van der Waals surface area contributed by atoms with Crippen LogP contribution in [0.15, 0.2) is 40.9 Å². The number of hydrogen-bond donors (Lipinski definition) is 0. The van der Waals surface area contributed by atoms with Gasteiger partial charge in [-0.05, 0) is 35.0 Å². The number of nitrogens with zero attached hydrogens (tertiary/aromatic N) is 2. The van der Waals surface area contributed by atoms with Crippen molar-refractivity contribution in [1.82, 2.24) is 4.98 Å². The smallest absolute Gasteiger partial charge is 0.273 e. The lowest BCUT2D eigenvalue weighted by molar-refractivity contribution is -0.384. The molecular weight excluding hydrogens is 300 g/mol. The van der Waals surface area contributed by atoms with Crippen LogP contribution in [0.4, 0.5) is 5.69 Å². The number of nitro groups is 1. The number of pyridine rings is 1. The number of rotatable bonds is 3. The van der Waals surface area contributed by atoms with Gasteiger partial charge in [-0.2, -0.15) is 0 Å². The Bertz CT molecular complexity index is 602. The monoisotopic (exact) mass is 308 g/mol. The van der Waals surface area contributed by atoms with E-state index in [9.17, 15) is 10.1 Å². The minimum Gasteiger partial charge on any atom is -0.439 e. The van der Waals surface area contributed by atoms with Gasteiger partial charge in [0, 0.05) is 16.6 Å². The van der Waals surface area contributed by atoms with Crippen molar-refractivity contribution in [1.29, 1.82) is 0 Å². The summed E-state index contributed by atoms with van der Waals surface area (Å²) >= 11 is 3.34. The molecule has 0 unspecified atom stereocenters. The van der Waals surface area contributed by atoms with Crippen molar-refractivity contribution in [3.63, 3.8) is 0 Å². The van der Waals surface area contributed by atoms with Gasteiger partial charge in [-0.3, -0.25) is 10.1 Å². The van der Waals surface area contributed by atoms with E-state index < -0.39 is 4.92 Å². The molecule has 6 heteroatoms. The van der Waals surface area contributed by atoms with Crippen molar-refractivity contribution in [3.05, 3.63) is 56.7 Å². The van der Waals surface area contributed by atoms with Gasteiger partial charge < -0.3 is 4.74 Å². The van der Waals surface area contributed by atoms with Crippen LogP contribution in [-0.4, -0.2) is 9.91 Å². The third-order valence-corrected chi connectivity index (χ3v) is 3.08. The molecule has 5 nitrogen and oxygen atoms in total. The lowest BCUT2D eigenvalue weighted by Gasteiger charge is -2.05. The molecule has 2 aromatic rings. The first-order valence-electron chi connectivity index (χ1n) is 5.12. The highest BCUT2D eigenvalue weighted by Crippen LogP contribution is 2.25. The van der Waals surface area contributed by atoms with Crippen LogP contribution in [0.5, 0.6) is 11.6 Å². The molecule has 1 aromatic heterocycles. The third kappa shape index (κ3) is 2.84. The second-order valence-corrected chi connectivity index (χ2v) is 4.43. The molecule has 0 aliphatic rings. The Balaban J connectivity index is 2.25. The third-order valence-electron chi connectivity index (χ3n) is 2.25.